The normalized spacial score (nSPS) is 14.3. The molecule has 2 nitrogen and oxygen atoms in total. The fourth-order valence-electron chi connectivity index (χ4n) is 4.69. The summed E-state index contributed by atoms with van der Waals surface area (Å²) in [4.78, 5) is 2.46. The van der Waals surface area contributed by atoms with E-state index in [1.165, 1.54) is 23.0 Å². The molecule has 1 aliphatic heterocycles. The summed E-state index contributed by atoms with van der Waals surface area (Å²) in [5.41, 5.74) is 8.49. The second-order valence-corrected chi connectivity index (χ2v) is 9.74. The smallest absolute Gasteiger partial charge is 0.123 e. The molecule has 0 unspecified atom stereocenters. The fourth-order valence-corrected chi connectivity index (χ4v) is 4.91. The van der Waals surface area contributed by atoms with Crippen molar-refractivity contribution in [3.8, 4) is 11.2 Å². The summed E-state index contributed by atoms with van der Waals surface area (Å²) in [5, 5.41) is 6.68. The van der Waals surface area contributed by atoms with Crippen molar-refractivity contribution in [3.05, 3.63) is 95.0 Å². The van der Waals surface area contributed by atoms with E-state index >= 15 is 0 Å². The third kappa shape index (κ3) is 7.05. The third-order valence-electron chi connectivity index (χ3n) is 6.77. The average Bonchev–Trinajstić information content (AvgIpc) is 2.85. The molecular weight excluding hydrogens is 451 g/mol. The Hall–Kier alpha value is -2.90. The summed E-state index contributed by atoms with van der Waals surface area (Å²) in [6.45, 7) is 16.6. The van der Waals surface area contributed by atoms with Crippen molar-refractivity contribution in [2.24, 2.45) is 5.92 Å². The molecule has 0 amide bonds. The van der Waals surface area contributed by atoms with Crippen LogP contribution in [0.3, 0.4) is 0 Å². The quantitative estimate of drug-likeness (QED) is 0.298. The van der Waals surface area contributed by atoms with Gasteiger partial charge in [-0.3, -0.25) is 0 Å². The number of halogens is 1. The molecule has 1 aliphatic rings. The number of nitrogens with zero attached hydrogens (tertiary/aromatic N) is 1. The van der Waals surface area contributed by atoms with E-state index in [9.17, 15) is 4.39 Å². The Kier molecular flexibility index (Phi) is 9.69. The summed E-state index contributed by atoms with van der Waals surface area (Å²) < 4.78 is 13.5. The summed E-state index contributed by atoms with van der Waals surface area (Å²) in [6.07, 6.45) is 8.16. The van der Waals surface area contributed by atoms with E-state index in [0.29, 0.717) is 5.92 Å². The lowest BCUT2D eigenvalue weighted by molar-refractivity contribution is 0.403. The molecule has 2 aromatic rings. The number of hydrogen-bond acceptors (Lipinski definition) is 3. The van der Waals surface area contributed by atoms with Crippen LogP contribution in [0.25, 0.3) is 0 Å². The van der Waals surface area contributed by atoms with Gasteiger partial charge in [-0.1, -0.05) is 49.9 Å². The first-order valence-electron chi connectivity index (χ1n) is 12.3. The van der Waals surface area contributed by atoms with Crippen LogP contribution in [0.15, 0.2) is 72.5 Å². The molecule has 0 atom stereocenters. The van der Waals surface area contributed by atoms with Gasteiger partial charge in [0.2, 0.25) is 0 Å². The predicted molar refractivity (Wildman–Crippen MR) is 153 cm³/mol. The Morgan fingerprint density at radius 3 is 2.57 bits per heavy atom. The molecule has 1 heterocycles. The molecule has 184 valence electrons. The molecule has 0 spiro atoms. The van der Waals surface area contributed by atoms with Crippen LogP contribution in [0.5, 0.6) is 0 Å². The van der Waals surface area contributed by atoms with E-state index in [1.807, 2.05) is 26.2 Å². The number of nitrogens with one attached hydrogen (secondary N) is 1. The molecule has 0 aliphatic carbocycles. The van der Waals surface area contributed by atoms with Crippen LogP contribution in [0.1, 0.15) is 49.8 Å². The van der Waals surface area contributed by atoms with Crippen molar-refractivity contribution in [3.63, 3.8) is 0 Å². The molecule has 0 saturated carbocycles. The molecule has 1 saturated heterocycles. The molecule has 3 rings (SSSR count). The van der Waals surface area contributed by atoms with Gasteiger partial charge in [0.15, 0.2) is 0 Å². The van der Waals surface area contributed by atoms with Gasteiger partial charge in [0.1, 0.15) is 5.82 Å². The Morgan fingerprint density at radius 2 is 1.94 bits per heavy atom. The Bertz CT molecular complexity index is 1160. The summed E-state index contributed by atoms with van der Waals surface area (Å²) >= 11 is 1.52. The van der Waals surface area contributed by atoms with Gasteiger partial charge in [-0.15, -0.1) is 0 Å². The number of allylic oxidation sites excluding steroid dienone is 2. The van der Waals surface area contributed by atoms with E-state index in [1.54, 1.807) is 12.1 Å². The Balaban J connectivity index is 1.78. The van der Waals surface area contributed by atoms with Gasteiger partial charge in [-0.2, -0.15) is 0 Å². The number of rotatable bonds is 8. The SMILES string of the molecule is C=C(CC)/C(=C\C)C(=C)Nc1cc(C#CSC)ccc1N1CCC(Cc2ccc(F)cc2C)CC1. The minimum absolute atomic E-state index is 0.156. The molecule has 2 aromatic carbocycles. The lowest BCUT2D eigenvalue weighted by atomic mass is 9.88. The van der Waals surface area contributed by atoms with Crippen molar-refractivity contribution in [2.75, 3.05) is 29.6 Å². The molecule has 1 fully saturated rings. The van der Waals surface area contributed by atoms with E-state index in [2.05, 4.69) is 65.7 Å². The highest BCUT2D eigenvalue weighted by atomic mass is 32.2. The lowest BCUT2D eigenvalue weighted by Gasteiger charge is -2.35. The van der Waals surface area contributed by atoms with Crippen molar-refractivity contribution >= 4 is 23.1 Å². The minimum Gasteiger partial charge on any atom is -0.370 e. The zero-order chi connectivity index (χ0) is 25.4. The van der Waals surface area contributed by atoms with Crippen LogP contribution in [-0.2, 0) is 6.42 Å². The first kappa shape index (κ1) is 26.7. The molecule has 1 N–H and O–H groups in total. The molecule has 0 aromatic heterocycles. The Morgan fingerprint density at radius 1 is 1.20 bits per heavy atom. The molecule has 35 heavy (non-hydrogen) atoms. The second-order valence-electron chi connectivity index (χ2n) is 9.13. The molecule has 0 radical (unpaired) electrons. The first-order valence-corrected chi connectivity index (χ1v) is 13.6. The summed E-state index contributed by atoms with van der Waals surface area (Å²) in [5.74, 6) is 3.68. The van der Waals surface area contributed by atoms with E-state index < -0.39 is 0 Å². The van der Waals surface area contributed by atoms with Crippen LogP contribution in [0.4, 0.5) is 15.8 Å². The van der Waals surface area contributed by atoms with Crippen molar-refractivity contribution in [1.29, 1.82) is 0 Å². The monoisotopic (exact) mass is 488 g/mol. The van der Waals surface area contributed by atoms with Gasteiger partial charge in [0.05, 0.1) is 11.4 Å². The van der Waals surface area contributed by atoms with Crippen LogP contribution < -0.4 is 10.2 Å². The van der Waals surface area contributed by atoms with Gasteiger partial charge in [0, 0.05) is 24.4 Å². The maximum Gasteiger partial charge on any atom is 0.123 e. The zero-order valence-corrected chi connectivity index (χ0v) is 22.3. The number of anilines is 2. The minimum atomic E-state index is -0.156. The van der Waals surface area contributed by atoms with Gasteiger partial charge in [0.25, 0.3) is 0 Å². The highest BCUT2D eigenvalue weighted by molar-refractivity contribution is 8.03. The van der Waals surface area contributed by atoms with Crippen molar-refractivity contribution in [1.82, 2.24) is 0 Å². The van der Waals surface area contributed by atoms with Gasteiger partial charge < -0.3 is 10.2 Å². The van der Waals surface area contributed by atoms with E-state index in [-0.39, 0.29) is 5.82 Å². The largest absolute Gasteiger partial charge is 0.370 e. The summed E-state index contributed by atoms with van der Waals surface area (Å²) in [7, 11) is 0. The average molecular weight is 489 g/mol. The maximum atomic E-state index is 13.5. The number of piperidine rings is 1. The van der Waals surface area contributed by atoms with Crippen LogP contribution in [0.2, 0.25) is 0 Å². The molecule has 0 bridgehead atoms. The van der Waals surface area contributed by atoms with Crippen molar-refractivity contribution in [2.45, 2.75) is 46.5 Å². The van der Waals surface area contributed by atoms with Crippen LogP contribution in [-0.4, -0.2) is 19.3 Å². The molecular formula is C31H37FN2S. The van der Waals surface area contributed by atoms with Crippen LogP contribution in [0, 0.1) is 29.8 Å². The van der Waals surface area contributed by atoms with E-state index in [0.717, 1.165) is 72.4 Å². The zero-order valence-electron chi connectivity index (χ0n) is 21.5. The summed E-state index contributed by atoms with van der Waals surface area (Å²) in [6, 6.07) is 11.6. The van der Waals surface area contributed by atoms with Gasteiger partial charge >= 0.3 is 0 Å². The Labute approximate surface area is 215 Å². The second kappa shape index (κ2) is 12.7. The topological polar surface area (TPSA) is 15.3 Å². The fraction of sp³-hybridized carbons (Fsp3) is 0.355. The number of thioether (sulfide) groups is 1. The first-order chi connectivity index (χ1) is 16.9. The highest BCUT2D eigenvalue weighted by Crippen LogP contribution is 2.34. The predicted octanol–water partition coefficient (Wildman–Crippen LogP) is 8.10. The maximum absolute atomic E-state index is 13.5. The third-order valence-corrected chi connectivity index (χ3v) is 7.08. The number of hydrogen-bond donors (Lipinski definition) is 1. The highest BCUT2D eigenvalue weighted by Gasteiger charge is 2.22. The molecule has 4 heteroatoms. The van der Waals surface area contributed by atoms with Crippen molar-refractivity contribution < 1.29 is 4.39 Å². The number of benzene rings is 2. The van der Waals surface area contributed by atoms with Crippen LogP contribution >= 0.6 is 11.8 Å². The number of aryl methyl sites for hydroxylation is 1. The van der Waals surface area contributed by atoms with E-state index in [4.69, 9.17) is 0 Å². The standard InChI is InChI=1S/C31H37FN2S/c1-7-22(3)29(8-2)24(5)33-30-21-25(15-18-35-6)9-12-31(30)34-16-13-26(14-17-34)20-27-10-11-28(32)19-23(27)4/h8-12,19,21,26,33H,3,5,7,13-14,16-17,20H2,1-2,4,6H3/b29-8+. The van der Waals surface area contributed by atoms with Gasteiger partial charge in [-0.25, -0.2) is 4.39 Å². The van der Waals surface area contributed by atoms with Gasteiger partial charge in [-0.05, 0) is 110 Å². The lowest BCUT2D eigenvalue weighted by Crippen LogP contribution is -2.34.